The molecule has 2 rings (SSSR count). The molecule has 0 fully saturated rings. The van der Waals surface area contributed by atoms with Crippen LogP contribution in [-0.2, 0) is 11.3 Å². The van der Waals surface area contributed by atoms with E-state index in [0.717, 1.165) is 26.2 Å². The van der Waals surface area contributed by atoms with E-state index in [4.69, 9.17) is 4.74 Å². The van der Waals surface area contributed by atoms with Crippen molar-refractivity contribution in [3.8, 4) is 0 Å². The van der Waals surface area contributed by atoms with Crippen LogP contribution in [0.15, 0.2) is 17.5 Å². The maximum atomic E-state index is 5.31. The lowest BCUT2D eigenvalue weighted by Gasteiger charge is -2.14. The van der Waals surface area contributed by atoms with Crippen LogP contribution in [0.1, 0.15) is 16.9 Å². The van der Waals surface area contributed by atoms with E-state index in [1.807, 2.05) is 18.4 Å². The number of rotatable bonds is 3. The molecule has 3 heteroatoms. The van der Waals surface area contributed by atoms with Crippen LogP contribution in [0.5, 0.6) is 0 Å². The quantitative estimate of drug-likeness (QED) is 0.824. The third-order valence-electron chi connectivity index (χ3n) is 2.39. The van der Waals surface area contributed by atoms with Gasteiger partial charge in [-0.15, -0.1) is 11.3 Å². The topological polar surface area (TPSA) is 21.3 Å². The zero-order chi connectivity index (χ0) is 9.80. The third kappa shape index (κ3) is 2.05. The first-order valence-electron chi connectivity index (χ1n) is 4.90. The van der Waals surface area contributed by atoms with Gasteiger partial charge in [-0.2, -0.15) is 0 Å². The lowest BCUT2D eigenvalue weighted by Crippen LogP contribution is -2.08. The highest BCUT2D eigenvalue weighted by atomic mass is 32.1. The van der Waals surface area contributed by atoms with Crippen molar-refractivity contribution >= 4 is 16.9 Å². The number of thiophene rings is 1. The zero-order valence-electron chi connectivity index (χ0n) is 8.38. The number of hydrogen-bond acceptors (Lipinski definition) is 3. The molecule has 0 bridgehead atoms. The minimum atomic E-state index is 0.768. The molecular weight excluding hydrogens is 194 g/mol. The minimum Gasteiger partial charge on any atom is -0.377 e. The molecule has 0 aliphatic carbocycles. The number of hydrogen-bond donors (Lipinski definition) is 1. The third-order valence-corrected chi connectivity index (χ3v) is 3.31. The lowest BCUT2D eigenvalue weighted by molar-refractivity contribution is 0.161. The molecule has 14 heavy (non-hydrogen) atoms. The predicted molar refractivity (Wildman–Crippen MR) is 60.5 cm³/mol. The van der Waals surface area contributed by atoms with Gasteiger partial charge in [0.2, 0.25) is 0 Å². The second-order valence-electron chi connectivity index (χ2n) is 3.34. The Hall–Kier alpha value is -0.640. The first-order valence-corrected chi connectivity index (χ1v) is 5.78. The largest absolute Gasteiger partial charge is 0.377 e. The first-order chi connectivity index (χ1) is 6.92. The summed E-state index contributed by atoms with van der Waals surface area (Å²) in [5, 5.41) is 5.37. The Morgan fingerprint density at radius 1 is 1.57 bits per heavy atom. The Morgan fingerprint density at radius 2 is 2.50 bits per heavy atom. The van der Waals surface area contributed by atoms with Gasteiger partial charge in [-0.05, 0) is 36.1 Å². The van der Waals surface area contributed by atoms with E-state index in [1.54, 1.807) is 0 Å². The summed E-state index contributed by atoms with van der Waals surface area (Å²) in [7, 11) is 1.99. The normalized spacial score (nSPS) is 16.8. The lowest BCUT2D eigenvalue weighted by atomic mass is 10.0. The molecule has 0 aromatic carbocycles. The standard InChI is InChI=1S/C11H15NOS/c1-12-8-11-10(4-7-14-11)9-2-5-13-6-3-9/h2,4,7,12H,3,5-6,8H2,1H3. The van der Waals surface area contributed by atoms with Crippen LogP contribution >= 0.6 is 11.3 Å². The summed E-state index contributed by atoms with van der Waals surface area (Å²) in [6.45, 7) is 2.59. The number of nitrogens with one attached hydrogen (secondary N) is 1. The van der Waals surface area contributed by atoms with Crippen molar-refractivity contribution in [1.29, 1.82) is 0 Å². The van der Waals surface area contributed by atoms with Gasteiger partial charge in [-0.25, -0.2) is 0 Å². The summed E-state index contributed by atoms with van der Waals surface area (Å²) in [4.78, 5) is 1.43. The van der Waals surface area contributed by atoms with Gasteiger partial charge in [0, 0.05) is 11.4 Å². The van der Waals surface area contributed by atoms with Gasteiger partial charge in [-0.1, -0.05) is 6.08 Å². The Bertz CT molecular complexity index is 330. The van der Waals surface area contributed by atoms with E-state index >= 15 is 0 Å². The van der Waals surface area contributed by atoms with Crippen molar-refractivity contribution in [2.45, 2.75) is 13.0 Å². The molecule has 1 aliphatic rings. The molecule has 1 aromatic heterocycles. The van der Waals surface area contributed by atoms with E-state index in [1.165, 1.54) is 16.0 Å². The maximum Gasteiger partial charge on any atom is 0.0653 e. The van der Waals surface area contributed by atoms with Crippen LogP contribution in [0, 0.1) is 0 Å². The molecule has 0 spiro atoms. The highest BCUT2D eigenvalue weighted by Crippen LogP contribution is 2.28. The molecule has 1 aliphatic heterocycles. The minimum absolute atomic E-state index is 0.768. The van der Waals surface area contributed by atoms with Crippen LogP contribution in [0.2, 0.25) is 0 Å². The summed E-state index contributed by atoms with van der Waals surface area (Å²) in [6.07, 6.45) is 3.25. The summed E-state index contributed by atoms with van der Waals surface area (Å²) in [5.74, 6) is 0. The molecule has 1 aromatic rings. The Kier molecular flexibility index (Phi) is 3.35. The van der Waals surface area contributed by atoms with Gasteiger partial charge < -0.3 is 10.1 Å². The fourth-order valence-corrected chi connectivity index (χ4v) is 2.62. The highest BCUT2D eigenvalue weighted by Gasteiger charge is 2.11. The smallest absolute Gasteiger partial charge is 0.0653 e. The van der Waals surface area contributed by atoms with Crippen molar-refractivity contribution in [2.24, 2.45) is 0 Å². The van der Waals surface area contributed by atoms with E-state index in [2.05, 4.69) is 22.8 Å². The first kappa shape index (κ1) is 9.90. The van der Waals surface area contributed by atoms with Crippen molar-refractivity contribution in [1.82, 2.24) is 5.32 Å². The number of ether oxygens (including phenoxy) is 1. The van der Waals surface area contributed by atoms with Gasteiger partial charge in [-0.3, -0.25) is 0 Å². The van der Waals surface area contributed by atoms with Gasteiger partial charge in [0.1, 0.15) is 0 Å². The molecular formula is C11H15NOS. The second-order valence-corrected chi connectivity index (χ2v) is 4.34. The molecule has 0 amide bonds. The van der Waals surface area contributed by atoms with E-state index in [-0.39, 0.29) is 0 Å². The van der Waals surface area contributed by atoms with Gasteiger partial charge in [0.25, 0.3) is 0 Å². The zero-order valence-corrected chi connectivity index (χ0v) is 9.19. The Labute approximate surface area is 88.6 Å². The van der Waals surface area contributed by atoms with Crippen molar-refractivity contribution in [3.63, 3.8) is 0 Å². The average Bonchev–Trinajstić information content (AvgIpc) is 2.68. The molecule has 0 radical (unpaired) electrons. The van der Waals surface area contributed by atoms with Crippen molar-refractivity contribution in [3.05, 3.63) is 28.0 Å². The SMILES string of the molecule is CNCc1sccc1C1=CCOCC1. The molecule has 0 unspecified atom stereocenters. The molecule has 2 nitrogen and oxygen atoms in total. The molecule has 1 N–H and O–H groups in total. The van der Waals surface area contributed by atoms with Crippen LogP contribution < -0.4 is 5.32 Å². The molecule has 0 atom stereocenters. The summed E-state index contributed by atoms with van der Waals surface area (Å²) in [5.41, 5.74) is 2.86. The predicted octanol–water partition coefficient (Wildman–Crippen LogP) is 2.27. The van der Waals surface area contributed by atoms with Crippen LogP contribution in [0.3, 0.4) is 0 Å². The second kappa shape index (κ2) is 4.73. The molecule has 2 heterocycles. The van der Waals surface area contributed by atoms with Crippen LogP contribution in [0.25, 0.3) is 5.57 Å². The fraction of sp³-hybridized carbons (Fsp3) is 0.455. The van der Waals surface area contributed by atoms with E-state index in [0.29, 0.717) is 0 Å². The van der Waals surface area contributed by atoms with Gasteiger partial charge in [0.15, 0.2) is 0 Å². The van der Waals surface area contributed by atoms with Crippen molar-refractivity contribution < 1.29 is 4.74 Å². The highest BCUT2D eigenvalue weighted by molar-refractivity contribution is 7.10. The monoisotopic (exact) mass is 209 g/mol. The molecule has 0 saturated heterocycles. The summed E-state index contributed by atoms with van der Waals surface area (Å²) in [6, 6.07) is 2.22. The van der Waals surface area contributed by atoms with Crippen LogP contribution in [-0.4, -0.2) is 20.3 Å². The Morgan fingerprint density at radius 3 is 3.21 bits per heavy atom. The van der Waals surface area contributed by atoms with Crippen LogP contribution in [0.4, 0.5) is 0 Å². The maximum absolute atomic E-state index is 5.31. The summed E-state index contributed by atoms with van der Waals surface area (Å²) < 4.78 is 5.31. The van der Waals surface area contributed by atoms with E-state index < -0.39 is 0 Å². The molecule has 76 valence electrons. The Balaban J connectivity index is 2.21. The van der Waals surface area contributed by atoms with Gasteiger partial charge >= 0.3 is 0 Å². The molecule has 0 saturated carbocycles. The van der Waals surface area contributed by atoms with E-state index in [9.17, 15) is 0 Å². The average molecular weight is 209 g/mol. The fourth-order valence-electron chi connectivity index (χ4n) is 1.70. The van der Waals surface area contributed by atoms with Crippen molar-refractivity contribution in [2.75, 3.05) is 20.3 Å². The van der Waals surface area contributed by atoms with Gasteiger partial charge in [0.05, 0.1) is 13.2 Å². The summed E-state index contributed by atoms with van der Waals surface area (Å²) >= 11 is 1.82.